The molecule has 0 aliphatic carbocycles. The van der Waals surface area contributed by atoms with Gasteiger partial charge in [0.2, 0.25) is 11.7 Å². The first-order valence-corrected chi connectivity index (χ1v) is 13.7. The summed E-state index contributed by atoms with van der Waals surface area (Å²) in [5, 5.41) is 0. The Morgan fingerprint density at radius 2 is 1.84 bits per heavy atom. The summed E-state index contributed by atoms with van der Waals surface area (Å²) in [4.78, 5) is 45.6. The molecule has 4 aromatic rings. The molecule has 9 nitrogen and oxygen atoms in total. The number of alkyl halides is 1. The fraction of sp³-hybridized carbons (Fsp3) is 0.333. The number of halogens is 1. The van der Waals surface area contributed by atoms with Gasteiger partial charge in [0.15, 0.2) is 16.9 Å². The highest BCUT2D eigenvalue weighted by atomic mass is 127. The first-order valence-electron chi connectivity index (χ1n) is 12.2. The molecule has 3 aromatic heterocycles. The van der Waals surface area contributed by atoms with Crippen molar-refractivity contribution in [2.24, 2.45) is 14.1 Å². The summed E-state index contributed by atoms with van der Waals surface area (Å²) in [6, 6.07) is 11.5. The molecule has 0 saturated carbocycles. The number of carbonyl (C=O) groups excluding carboxylic acids is 1. The lowest BCUT2D eigenvalue weighted by molar-refractivity contribution is 0.102. The Kier molecular flexibility index (Phi) is 7.18. The predicted octanol–water partition coefficient (Wildman–Crippen LogP) is 3.81. The van der Waals surface area contributed by atoms with E-state index in [0.29, 0.717) is 42.4 Å². The van der Waals surface area contributed by atoms with Crippen molar-refractivity contribution in [3.05, 3.63) is 92.0 Å². The van der Waals surface area contributed by atoms with Gasteiger partial charge in [0.25, 0.3) is 5.56 Å². The maximum atomic E-state index is 13.3. The Morgan fingerprint density at radius 3 is 2.57 bits per heavy atom. The molecule has 1 aromatic carbocycles. The van der Waals surface area contributed by atoms with Gasteiger partial charge in [0.1, 0.15) is 0 Å². The van der Waals surface area contributed by atoms with E-state index in [1.165, 1.54) is 23.4 Å². The van der Waals surface area contributed by atoms with Crippen LogP contribution in [-0.4, -0.2) is 37.6 Å². The van der Waals surface area contributed by atoms with Crippen molar-refractivity contribution in [3.63, 3.8) is 0 Å². The van der Waals surface area contributed by atoms with E-state index in [1.807, 2.05) is 16.7 Å². The summed E-state index contributed by atoms with van der Waals surface area (Å²) in [6.45, 7) is 1.83. The van der Waals surface area contributed by atoms with E-state index < -0.39 is 5.69 Å². The first-order chi connectivity index (χ1) is 17.9. The second kappa shape index (κ2) is 10.5. The third kappa shape index (κ3) is 4.81. The molecule has 4 heterocycles. The van der Waals surface area contributed by atoms with Gasteiger partial charge in [0, 0.05) is 31.6 Å². The average molecular weight is 613 g/mol. The second-order valence-corrected chi connectivity index (χ2v) is 10.0. The van der Waals surface area contributed by atoms with E-state index in [2.05, 4.69) is 39.6 Å². The van der Waals surface area contributed by atoms with Crippen molar-refractivity contribution in [2.75, 3.05) is 18.0 Å². The van der Waals surface area contributed by atoms with Gasteiger partial charge >= 0.3 is 5.69 Å². The number of aryl methyl sites for hydroxylation is 1. The van der Waals surface area contributed by atoms with Crippen LogP contribution in [0.2, 0.25) is 0 Å². The van der Waals surface area contributed by atoms with Crippen LogP contribution in [0.1, 0.15) is 40.9 Å². The molecule has 0 radical (unpaired) electrons. The molecule has 1 aliphatic rings. The number of aromatic nitrogens is 4. The number of nitrogens with zero attached hydrogens (tertiary/aromatic N) is 5. The number of allylic oxidation sites excluding steroid dienone is 1. The zero-order valence-electron chi connectivity index (χ0n) is 20.8. The highest BCUT2D eigenvalue weighted by Gasteiger charge is 2.25. The number of ketones is 1. The van der Waals surface area contributed by atoms with Crippen molar-refractivity contribution in [1.82, 2.24) is 18.7 Å². The van der Waals surface area contributed by atoms with Crippen LogP contribution in [0, 0.1) is 0 Å². The summed E-state index contributed by atoms with van der Waals surface area (Å²) in [7, 11) is 3.15. The Hall–Kier alpha value is -3.41. The number of fused-ring (bicyclic) bond motifs is 1. The molecule has 0 unspecified atom stereocenters. The fourth-order valence-corrected chi connectivity index (χ4v) is 5.61. The minimum absolute atomic E-state index is 0.130. The molecule has 37 heavy (non-hydrogen) atoms. The van der Waals surface area contributed by atoms with E-state index in [1.54, 1.807) is 25.3 Å². The van der Waals surface area contributed by atoms with Crippen LogP contribution in [0.4, 0.5) is 5.95 Å². The summed E-state index contributed by atoms with van der Waals surface area (Å²) in [5.74, 6) is 0.867. The highest BCUT2D eigenvalue weighted by molar-refractivity contribution is 14.1. The van der Waals surface area contributed by atoms with Gasteiger partial charge in [-0.25, -0.2) is 4.79 Å². The third-order valence-electron chi connectivity index (χ3n) is 6.93. The molecule has 1 fully saturated rings. The van der Waals surface area contributed by atoms with Crippen LogP contribution >= 0.6 is 22.6 Å². The lowest BCUT2D eigenvalue weighted by Crippen LogP contribution is -2.37. The topological polar surface area (TPSA) is 95.3 Å². The van der Waals surface area contributed by atoms with Gasteiger partial charge in [-0.05, 0) is 48.6 Å². The van der Waals surface area contributed by atoms with Crippen molar-refractivity contribution >= 4 is 45.5 Å². The van der Waals surface area contributed by atoms with E-state index in [9.17, 15) is 14.4 Å². The summed E-state index contributed by atoms with van der Waals surface area (Å²) in [6.07, 6.45) is 5.50. The van der Waals surface area contributed by atoms with Crippen molar-refractivity contribution in [3.8, 4) is 0 Å². The molecule has 10 heteroatoms. The summed E-state index contributed by atoms with van der Waals surface area (Å²) >= 11 is 2.35. The largest absolute Gasteiger partial charge is 0.461 e. The van der Waals surface area contributed by atoms with Gasteiger partial charge in [-0.3, -0.25) is 23.3 Å². The maximum absolute atomic E-state index is 13.3. The van der Waals surface area contributed by atoms with Crippen LogP contribution in [0.5, 0.6) is 0 Å². The quantitative estimate of drug-likeness (QED) is 0.142. The molecule has 0 N–H and O–H groups in total. The lowest BCUT2D eigenvalue weighted by atomic mass is 10.1. The zero-order valence-corrected chi connectivity index (χ0v) is 23.0. The number of imidazole rings is 1. The van der Waals surface area contributed by atoms with Crippen LogP contribution < -0.4 is 16.1 Å². The third-order valence-corrected chi connectivity index (χ3v) is 7.75. The van der Waals surface area contributed by atoms with Crippen molar-refractivity contribution in [1.29, 1.82) is 0 Å². The number of hydrogen-bond acceptors (Lipinski definition) is 6. The predicted molar refractivity (Wildman–Crippen MR) is 151 cm³/mol. The SMILES string of the molecule is Cn1c(=O)c2c(nc(N3CCC/C(=C/C(=O)c4ccco4)CC3)n2Cc2ccccc2CI)n(C)c1=O. The Morgan fingerprint density at radius 1 is 1.05 bits per heavy atom. The molecule has 0 amide bonds. The van der Waals surface area contributed by atoms with Crippen LogP contribution in [-0.2, 0) is 25.1 Å². The molecule has 0 spiro atoms. The van der Waals surface area contributed by atoms with Crippen molar-refractivity contribution < 1.29 is 9.21 Å². The number of benzene rings is 1. The average Bonchev–Trinajstić information content (AvgIpc) is 3.51. The maximum Gasteiger partial charge on any atom is 0.332 e. The smallest absolute Gasteiger partial charge is 0.332 e. The summed E-state index contributed by atoms with van der Waals surface area (Å²) < 4.78 is 10.6. The standard InChI is InChI=1S/C27H28IN5O4/c1-30-24-23(25(35)31(2)27(30)36)33(17-20-9-4-3-8-19(20)16-28)26(29-24)32-12-5-7-18(11-13-32)15-21(34)22-10-6-14-37-22/h3-4,6,8-10,14-15H,5,7,11-13,16-17H2,1-2H3/b18-15-. The summed E-state index contributed by atoms with van der Waals surface area (Å²) in [5.41, 5.74) is 3.38. The second-order valence-electron chi connectivity index (χ2n) is 9.26. The number of anilines is 1. The van der Waals surface area contributed by atoms with E-state index in [0.717, 1.165) is 39.5 Å². The van der Waals surface area contributed by atoms with Crippen LogP contribution in [0.15, 0.2) is 68.3 Å². The fourth-order valence-electron chi connectivity index (χ4n) is 4.87. The van der Waals surface area contributed by atoms with Crippen LogP contribution in [0.25, 0.3) is 11.2 Å². The zero-order chi connectivity index (χ0) is 26.1. The molecular weight excluding hydrogens is 585 g/mol. The van der Waals surface area contributed by atoms with Crippen molar-refractivity contribution in [2.45, 2.75) is 30.2 Å². The molecule has 192 valence electrons. The molecule has 0 bridgehead atoms. The normalized spacial score (nSPS) is 15.4. The number of furan rings is 1. The van der Waals surface area contributed by atoms with Gasteiger partial charge in [-0.15, -0.1) is 0 Å². The van der Waals surface area contributed by atoms with Gasteiger partial charge in [-0.1, -0.05) is 52.4 Å². The minimum atomic E-state index is -0.404. The first kappa shape index (κ1) is 25.2. The highest BCUT2D eigenvalue weighted by Crippen LogP contribution is 2.27. The van der Waals surface area contributed by atoms with E-state index in [-0.39, 0.29) is 11.3 Å². The molecule has 5 rings (SSSR count). The molecular formula is C27H28IN5O4. The van der Waals surface area contributed by atoms with Gasteiger partial charge in [-0.2, -0.15) is 4.98 Å². The molecule has 1 aliphatic heterocycles. The monoisotopic (exact) mass is 613 g/mol. The number of rotatable bonds is 6. The lowest BCUT2D eigenvalue weighted by Gasteiger charge is -2.23. The Labute approximate surface area is 227 Å². The number of carbonyl (C=O) groups is 1. The van der Waals surface area contributed by atoms with E-state index >= 15 is 0 Å². The number of hydrogen-bond donors (Lipinski definition) is 0. The molecule has 0 atom stereocenters. The Balaban J connectivity index is 1.57. The Bertz CT molecular complexity index is 1610. The van der Waals surface area contributed by atoms with Gasteiger partial charge < -0.3 is 9.32 Å². The van der Waals surface area contributed by atoms with Gasteiger partial charge in [0.05, 0.1) is 12.8 Å². The van der Waals surface area contributed by atoms with E-state index in [4.69, 9.17) is 9.40 Å². The van der Waals surface area contributed by atoms with Crippen LogP contribution in [0.3, 0.4) is 0 Å². The minimum Gasteiger partial charge on any atom is -0.461 e. The molecule has 1 saturated heterocycles.